The molecular weight excluding hydrogens is 290 g/mol. The van der Waals surface area contributed by atoms with Crippen LogP contribution in [0.2, 0.25) is 0 Å². The van der Waals surface area contributed by atoms with Crippen LogP contribution < -0.4 is 5.32 Å². The zero-order valence-electron chi connectivity index (χ0n) is 13.5. The van der Waals surface area contributed by atoms with Crippen molar-refractivity contribution in [2.75, 3.05) is 26.3 Å². The predicted octanol–water partition coefficient (Wildman–Crippen LogP) is 1.44. The molecule has 1 saturated carbocycles. The smallest absolute Gasteiger partial charge is 0.226 e. The minimum absolute atomic E-state index is 0.0115. The molecule has 4 rings (SSSR count). The average Bonchev–Trinajstić information content (AvgIpc) is 2.95. The number of likely N-dealkylation sites (tertiary alicyclic amines) is 1. The van der Waals surface area contributed by atoms with Gasteiger partial charge in [-0.3, -0.25) is 14.7 Å². The van der Waals surface area contributed by atoms with Gasteiger partial charge in [0.25, 0.3) is 0 Å². The maximum absolute atomic E-state index is 12.6. The Labute approximate surface area is 137 Å². The molecule has 2 aliphatic heterocycles. The van der Waals surface area contributed by atoms with Gasteiger partial charge in [0, 0.05) is 25.3 Å². The van der Waals surface area contributed by atoms with Crippen LogP contribution in [0.4, 0.5) is 0 Å². The second kappa shape index (κ2) is 6.57. The topological polar surface area (TPSA) is 54.5 Å². The molecule has 3 aliphatic rings. The van der Waals surface area contributed by atoms with Gasteiger partial charge < -0.3 is 10.1 Å². The van der Waals surface area contributed by atoms with E-state index < -0.39 is 0 Å². The van der Waals surface area contributed by atoms with Crippen LogP contribution in [0.1, 0.15) is 25.0 Å². The molecule has 124 valence electrons. The monoisotopic (exact) mass is 315 g/mol. The van der Waals surface area contributed by atoms with Gasteiger partial charge in [0.2, 0.25) is 5.91 Å². The fourth-order valence-corrected chi connectivity index (χ4v) is 4.16. The molecule has 0 bridgehead atoms. The molecule has 0 spiro atoms. The number of rotatable bonds is 4. The quantitative estimate of drug-likeness (QED) is 0.913. The van der Waals surface area contributed by atoms with Gasteiger partial charge in [0.1, 0.15) is 0 Å². The van der Waals surface area contributed by atoms with Gasteiger partial charge in [0.05, 0.1) is 31.4 Å². The van der Waals surface area contributed by atoms with E-state index in [1.807, 2.05) is 18.2 Å². The van der Waals surface area contributed by atoms with Crippen LogP contribution in [0, 0.1) is 17.8 Å². The van der Waals surface area contributed by atoms with Crippen LogP contribution in [0.25, 0.3) is 0 Å². The number of pyridine rings is 1. The lowest BCUT2D eigenvalue weighted by molar-refractivity contribution is -0.133. The second-order valence-electron chi connectivity index (χ2n) is 7.15. The summed E-state index contributed by atoms with van der Waals surface area (Å²) in [5.41, 5.74) is 0.900. The summed E-state index contributed by atoms with van der Waals surface area (Å²) in [6, 6.07) is 6.53. The van der Waals surface area contributed by atoms with Gasteiger partial charge in [-0.15, -0.1) is 0 Å². The van der Waals surface area contributed by atoms with Crippen molar-refractivity contribution in [1.29, 1.82) is 0 Å². The Morgan fingerprint density at radius 2 is 2.22 bits per heavy atom. The predicted molar refractivity (Wildman–Crippen MR) is 86.6 cm³/mol. The Kier molecular flexibility index (Phi) is 4.31. The summed E-state index contributed by atoms with van der Waals surface area (Å²) in [5.74, 6) is 1.09. The lowest BCUT2D eigenvalue weighted by atomic mass is 9.82. The second-order valence-corrected chi connectivity index (χ2v) is 7.15. The summed E-state index contributed by atoms with van der Waals surface area (Å²) in [5, 5.41) is 3.05. The molecule has 5 heteroatoms. The standard InChI is InChI=1S/C18H25N3O2/c22-18(20-8-14-4-1-2-7-19-14)17-12-23-11-13-9-21(10-16(13)17)15-5-3-6-15/h1-2,4,7,13,15-17H,3,5-6,8-12H2,(H,20,22)/t13-,16-,17-/m1/s1. The van der Waals surface area contributed by atoms with E-state index in [0.29, 0.717) is 25.0 Å². The van der Waals surface area contributed by atoms with E-state index in [9.17, 15) is 4.79 Å². The number of fused-ring (bicyclic) bond motifs is 1. The number of nitrogens with zero attached hydrogens (tertiary/aromatic N) is 2. The first-order chi connectivity index (χ1) is 11.3. The third-order valence-corrected chi connectivity index (χ3v) is 5.76. The summed E-state index contributed by atoms with van der Waals surface area (Å²) in [6.45, 7) is 4.06. The fraction of sp³-hybridized carbons (Fsp3) is 0.667. The summed E-state index contributed by atoms with van der Waals surface area (Å²) >= 11 is 0. The molecule has 1 amide bonds. The maximum atomic E-state index is 12.6. The molecule has 3 atom stereocenters. The molecule has 1 aromatic rings. The Bertz CT molecular complexity index is 546. The average molecular weight is 315 g/mol. The zero-order valence-corrected chi connectivity index (χ0v) is 13.5. The van der Waals surface area contributed by atoms with Crippen molar-refractivity contribution in [3.05, 3.63) is 30.1 Å². The molecule has 0 radical (unpaired) electrons. The molecule has 2 saturated heterocycles. The molecule has 0 aromatic carbocycles. The molecule has 1 N–H and O–H groups in total. The Morgan fingerprint density at radius 1 is 1.30 bits per heavy atom. The van der Waals surface area contributed by atoms with Crippen LogP contribution in [0.15, 0.2) is 24.4 Å². The van der Waals surface area contributed by atoms with Gasteiger partial charge >= 0.3 is 0 Å². The lowest BCUT2D eigenvalue weighted by Gasteiger charge is -2.35. The molecule has 23 heavy (non-hydrogen) atoms. The van der Waals surface area contributed by atoms with Crippen LogP contribution in [-0.4, -0.2) is 48.1 Å². The van der Waals surface area contributed by atoms with Gasteiger partial charge in [-0.2, -0.15) is 0 Å². The fourth-order valence-electron chi connectivity index (χ4n) is 4.16. The van der Waals surface area contributed by atoms with E-state index in [0.717, 1.165) is 31.4 Å². The Hall–Kier alpha value is -1.46. The van der Waals surface area contributed by atoms with Gasteiger partial charge in [-0.25, -0.2) is 0 Å². The molecule has 3 fully saturated rings. The van der Waals surface area contributed by atoms with E-state index >= 15 is 0 Å². The number of nitrogens with one attached hydrogen (secondary N) is 1. The number of hydrogen-bond acceptors (Lipinski definition) is 4. The molecular formula is C18H25N3O2. The first-order valence-electron chi connectivity index (χ1n) is 8.80. The van der Waals surface area contributed by atoms with Crippen molar-refractivity contribution in [2.45, 2.75) is 31.8 Å². The number of amides is 1. The summed E-state index contributed by atoms with van der Waals surface area (Å²) in [6.07, 6.45) is 5.78. The minimum atomic E-state index is -0.0115. The molecule has 1 aliphatic carbocycles. The van der Waals surface area contributed by atoms with Crippen LogP contribution in [0.5, 0.6) is 0 Å². The highest BCUT2D eigenvalue weighted by Gasteiger charge is 2.45. The van der Waals surface area contributed by atoms with E-state index in [2.05, 4.69) is 15.2 Å². The van der Waals surface area contributed by atoms with Crippen LogP contribution >= 0.6 is 0 Å². The van der Waals surface area contributed by atoms with Crippen molar-refractivity contribution >= 4 is 5.91 Å². The Morgan fingerprint density at radius 3 is 2.96 bits per heavy atom. The van der Waals surface area contributed by atoms with E-state index in [-0.39, 0.29) is 11.8 Å². The van der Waals surface area contributed by atoms with Crippen molar-refractivity contribution in [3.8, 4) is 0 Å². The van der Waals surface area contributed by atoms with Crippen molar-refractivity contribution in [1.82, 2.24) is 15.2 Å². The molecule has 1 aromatic heterocycles. The highest BCUT2D eigenvalue weighted by Crippen LogP contribution is 2.38. The first-order valence-corrected chi connectivity index (χ1v) is 8.80. The molecule has 5 nitrogen and oxygen atoms in total. The normalized spacial score (nSPS) is 31.4. The number of hydrogen-bond donors (Lipinski definition) is 1. The lowest BCUT2D eigenvalue weighted by Crippen LogP contribution is -2.44. The van der Waals surface area contributed by atoms with Crippen LogP contribution in [-0.2, 0) is 16.1 Å². The highest BCUT2D eigenvalue weighted by atomic mass is 16.5. The largest absolute Gasteiger partial charge is 0.380 e. The summed E-state index contributed by atoms with van der Waals surface area (Å²) in [7, 11) is 0. The SMILES string of the molecule is O=C(NCc1ccccn1)[C@@H]1COC[C@H]2CN(C3CCC3)C[C@H]21. The van der Waals surface area contributed by atoms with Gasteiger partial charge in [0.15, 0.2) is 0 Å². The third-order valence-electron chi connectivity index (χ3n) is 5.76. The van der Waals surface area contributed by atoms with Gasteiger partial charge in [-0.05, 0) is 36.8 Å². The maximum Gasteiger partial charge on any atom is 0.226 e. The number of carbonyl (C=O) groups excluding carboxylic acids is 1. The van der Waals surface area contributed by atoms with E-state index in [4.69, 9.17) is 4.74 Å². The number of aromatic nitrogens is 1. The van der Waals surface area contributed by atoms with Crippen LogP contribution in [0.3, 0.4) is 0 Å². The minimum Gasteiger partial charge on any atom is -0.380 e. The van der Waals surface area contributed by atoms with E-state index in [1.54, 1.807) is 6.20 Å². The van der Waals surface area contributed by atoms with Crippen molar-refractivity contribution in [2.24, 2.45) is 17.8 Å². The molecule has 3 heterocycles. The highest BCUT2D eigenvalue weighted by molar-refractivity contribution is 5.79. The Balaban J connectivity index is 1.36. The summed E-state index contributed by atoms with van der Waals surface area (Å²) in [4.78, 5) is 19.5. The number of ether oxygens (including phenoxy) is 1. The summed E-state index contributed by atoms with van der Waals surface area (Å²) < 4.78 is 5.75. The van der Waals surface area contributed by atoms with Crippen molar-refractivity contribution < 1.29 is 9.53 Å². The molecule has 0 unspecified atom stereocenters. The third kappa shape index (κ3) is 3.12. The number of carbonyl (C=O) groups is 1. The zero-order chi connectivity index (χ0) is 15.6. The van der Waals surface area contributed by atoms with E-state index in [1.165, 1.54) is 19.3 Å². The first kappa shape index (κ1) is 15.1. The van der Waals surface area contributed by atoms with Gasteiger partial charge in [-0.1, -0.05) is 12.5 Å². The van der Waals surface area contributed by atoms with Crippen molar-refractivity contribution in [3.63, 3.8) is 0 Å².